The molecule has 0 saturated carbocycles. The highest BCUT2D eigenvalue weighted by Crippen LogP contribution is 2.26. The van der Waals surface area contributed by atoms with Gasteiger partial charge in [-0.25, -0.2) is 9.37 Å². The van der Waals surface area contributed by atoms with Crippen LogP contribution in [0.25, 0.3) is 11.3 Å². The predicted octanol–water partition coefficient (Wildman–Crippen LogP) is 2.57. The molecule has 0 aliphatic rings. The van der Waals surface area contributed by atoms with Crippen molar-refractivity contribution < 1.29 is 13.7 Å². The predicted molar refractivity (Wildman–Crippen MR) is 89.9 cm³/mol. The van der Waals surface area contributed by atoms with E-state index in [9.17, 15) is 9.18 Å². The molecule has 0 atom stereocenters. The van der Waals surface area contributed by atoms with E-state index in [1.807, 2.05) is 0 Å². The Balaban J connectivity index is 2.00. The van der Waals surface area contributed by atoms with Gasteiger partial charge < -0.3 is 15.6 Å². The van der Waals surface area contributed by atoms with Crippen molar-refractivity contribution in [3.63, 3.8) is 0 Å². The summed E-state index contributed by atoms with van der Waals surface area (Å²) in [5.74, 6) is 1.08. The second kappa shape index (κ2) is 6.84. The molecule has 2 aromatic heterocycles. The number of terminal acetylenes is 1. The number of hydrogen-bond donors (Lipinski definition) is 2. The molecule has 0 aliphatic heterocycles. The second-order valence-corrected chi connectivity index (χ2v) is 5.15. The van der Waals surface area contributed by atoms with Crippen molar-refractivity contribution in [3.05, 3.63) is 65.4 Å². The molecule has 25 heavy (non-hydrogen) atoms. The molecule has 3 rings (SSSR count). The summed E-state index contributed by atoms with van der Waals surface area (Å²) in [4.78, 5) is 15.8. The molecular weight excluding hydrogens is 323 g/mol. The van der Waals surface area contributed by atoms with Gasteiger partial charge in [0, 0.05) is 23.3 Å². The molecule has 0 fully saturated rings. The van der Waals surface area contributed by atoms with Crippen LogP contribution in [0.15, 0.2) is 47.2 Å². The summed E-state index contributed by atoms with van der Waals surface area (Å²) in [6, 6.07) is 9.47. The molecule has 1 aromatic carbocycles. The maximum Gasteiger partial charge on any atom is 0.269 e. The summed E-state index contributed by atoms with van der Waals surface area (Å²) in [6.45, 7) is 0.226. The van der Waals surface area contributed by atoms with Gasteiger partial charge in [0.25, 0.3) is 5.91 Å². The normalized spacial score (nSPS) is 10.2. The van der Waals surface area contributed by atoms with Crippen LogP contribution in [0.3, 0.4) is 0 Å². The Labute approximate surface area is 142 Å². The molecule has 0 aliphatic carbocycles. The summed E-state index contributed by atoms with van der Waals surface area (Å²) in [5, 5.41) is 6.61. The zero-order valence-corrected chi connectivity index (χ0v) is 13.0. The van der Waals surface area contributed by atoms with Crippen molar-refractivity contribution in [2.75, 3.05) is 5.32 Å². The van der Waals surface area contributed by atoms with E-state index in [1.54, 1.807) is 30.3 Å². The number of rotatable bonds is 5. The maximum atomic E-state index is 14.5. The molecule has 0 unspecified atom stereocenters. The van der Waals surface area contributed by atoms with E-state index in [4.69, 9.17) is 16.7 Å². The average Bonchev–Trinajstić information content (AvgIpc) is 3.13. The molecule has 0 saturated heterocycles. The number of nitrogens with two attached hydrogens (primary N) is 1. The fraction of sp³-hybridized carbons (Fsp3) is 0.0556. The van der Waals surface area contributed by atoms with Crippen LogP contribution in [0, 0.1) is 18.2 Å². The van der Waals surface area contributed by atoms with Crippen LogP contribution in [0.4, 0.5) is 10.1 Å². The van der Waals surface area contributed by atoms with Gasteiger partial charge in [0.05, 0.1) is 12.2 Å². The SMILES string of the molecule is C#Cc1cccc(-c2nc(C(N)=O)c(NCc3ccon3)cc2F)c1. The van der Waals surface area contributed by atoms with E-state index in [1.165, 1.54) is 12.3 Å². The first-order valence-electron chi connectivity index (χ1n) is 7.29. The van der Waals surface area contributed by atoms with Crippen LogP contribution in [-0.2, 0) is 6.54 Å². The third-order valence-electron chi connectivity index (χ3n) is 3.46. The van der Waals surface area contributed by atoms with E-state index in [0.717, 1.165) is 0 Å². The van der Waals surface area contributed by atoms with Gasteiger partial charge in [-0.05, 0) is 12.1 Å². The molecule has 124 valence electrons. The highest BCUT2D eigenvalue weighted by molar-refractivity contribution is 5.97. The van der Waals surface area contributed by atoms with Gasteiger partial charge in [-0.2, -0.15) is 0 Å². The first-order valence-corrected chi connectivity index (χ1v) is 7.29. The minimum Gasteiger partial charge on any atom is -0.377 e. The molecule has 0 radical (unpaired) electrons. The van der Waals surface area contributed by atoms with Gasteiger partial charge in [0.2, 0.25) is 0 Å². The highest BCUT2D eigenvalue weighted by Gasteiger charge is 2.17. The van der Waals surface area contributed by atoms with Crippen LogP contribution in [0.2, 0.25) is 0 Å². The number of carbonyl (C=O) groups excluding carboxylic acids is 1. The largest absolute Gasteiger partial charge is 0.377 e. The zero-order chi connectivity index (χ0) is 17.8. The van der Waals surface area contributed by atoms with Crippen molar-refractivity contribution in [1.29, 1.82) is 0 Å². The number of halogens is 1. The average molecular weight is 336 g/mol. The summed E-state index contributed by atoms with van der Waals surface area (Å²) in [5.41, 5.74) is 7.10. The van der Waals surface area contributed by atoms with Crippen molar-refractivity contribution >= 4 is 11.6 Å². The van der Waals surface area contributed by atoms with Gasteiger partial charge in [-0.1, -0.05) is 23.2 Å². The lowest BCUT2D eigenvalue weighted by atomic mass is 10.1. The van der Waals surface area contributed by atoms with E-state index in [-0.39, 0.29) is 23.6 Å². The van der Waals surface area contributed by atoms with Crippen molar-refractivity contribution in [1.82, 2.24) is 10.1 Å². The first-order chi connectivity index (χ1) is 12.1. The quantitative estimate of drug-likeness (QED) is 0.698. The Hall–Kier alpha value is -3.66. The third-order valence-corrected chi connectivity index (χ3v) is 3.46. The standard InChI is InChI=1S/C18H13FN4O2/c1-2-11-4-3-5-12(8-11)16-14(19)9-15(17(22-16)18(20)24)21-10-13-6-7-25-23-13/h1,3-9,21H,10H2,(H2,20,24). The number of nitrogens with zero attached hydrogens (tertiary/aromatic N) is 2. The fourth-order valence-corrected chi connectivity index (χ4v) is 2.28. The molecule has 3 aromatic rings. The van der Waals surface area contributed by atoms with E-state index in [0.29, 0.717) is 16.8 Å². The van der Waals surface area contributed by atoms with Crippen molar-refractivity contribution in [3.8, 4) is 23.6 Å². The molecule has 0 spiro atoms. The molecule has 2 heterocycles. The van der Waals surface area contributed by atoms with Gasteiger partial charge in [-0.15, -0.1) is 6.42 Å². The lowest BCUT2D eigenvalue weighted by Crippen LogP contribution is -2.17. The van der Waals surface area contributed by atoms with E-state index >= 15 is 0 Å². The second-order valence-electron chi connectivity index (χ2n) is 5.15. The lowest BCUT2D eigenvalue weighted by molar-refractivity contribution is 0.0996. The van der Waals surface area contributed by atoms with Gasteiger partial charge >= 0.3 is 0 Å². The third kappa shape index (κ3) is 3.48. The molecule has 3 N–H and O–H groups in total. The Bertz CT molecular complexity index is 962. The van der Waals surface area contributed by atoms with Crippen LogP contribution in [-0.4, -0.2) is 16.0 Å². The highest BCUT2D eigenvalue weighted by atomic mass is 19.1. The summed E-state index contributed by atoms with van der Waals surface area (Å²) in [7, 11) is 0. The Kier molecular flexibility index (Phi) is 4.44. The van der Waals surface area contributed by atoms with Crippen molar-refractivity contribution in [2.45, 2.75) is 6.54 Å². The lowest BCUT2D eigenvalue weighted by Gasteiger charge is -2.11. The minimum absolute atomic E-state index is 0.00196. The number of pyridine rings is 1. The number of hydrogen-bond acceptors (Lipinski definition) is 5. The number of aromatic nitrogens is 2. The van der Waals surface area contributed by atoms with Crippen LogP contribution in [0.1, 0.15) is 21.7 Å². The number of amides is 1. The monoisotopic (exact) mass is 336 g/mol. The number of primary amides is 1. The van der Waals surface area contributed by atoms with E-state index < -0.39 is 11.7 Å². The number of benzene rings is 1. The smallest absolute Gasteiger partial charge is 0.269 e. The topological polar surface area (TPSA) is 94.0 Å². The van der Waals surface area contributed by atoms with Crippen molar-refractivity contribution in [2.24, 2.45) is 5.73 Å². The molecule has 7 heteroatoms. The van der Waals surface area contributed by atoms with Gasteiger partial charge in [-0.3, -0.25) is 4.79 Å². The van der Waals surface area contributed by atoms with Crippen LogP contribution < -0.4 is 11.1 Å². The fourth-order valence-electron chi connectivity index (χ4n) is 2.28. The number of nitrogens with one attached hydrogen (secondary N) is 1. The molecular formula is C18H13FN4O2. The molecule has 0 bridgehead atoms. The van der Waals surface area contributed by atoms with Crippen LogP contribution in [0.5, 0.6) is 0 Å². The summed E-state index contributed by atoms with van der Waals surface area (Å²) in [6.07, 6.45) is 6.77. The maximum absolute atomic E-state index is 14.5. The minimum atomic E-state index is -0.781. The Morgan fingerprint density at radius 2 is 2.20 bits per heavy atom. The van der Waals surface area contributed by atoms with Crippen LogP contribution >= 0.6 is 0 Å². The summed E-state index contributed by atoms with van der Waals surface area (Å²) < 4.78 is 19.3. The number of anilines is 1. The number of carbonyl (C=O) groups is 1. The Morgan fingerprint density at radius 3 is 2.88 bits per heavy atom. The first kappa shape index (κ1) is 16.2. The summed E-state index contributed by atoms with van der Waals surface area (Å²) >= 11 is 0. The van der Waals surface area contributed by atoms with Gasteiger partial charge in [0.15, 0.2) is 11.5 Å². The molecule has 6 nitrogen and oxygen atoms in total. The van der Waals surface area contributed by atoms with E-state index in [2.05, 4.69) is 21.4 Å². The van der Waals surface area contributed by atoms with Gasteiger partial charge in [0.1, 0.15) is 17.7 Å². The zero-order valence-electron chi connectivity index (χ0n) is 13.0. The molecule has 1 amide bonds. The Morgan fingerprint density at radius 1 is 1.36 bits per heavy atom.